The molecular weight excluding hydrogens is 290 g/mol. The summed E-state index contributed by atoms with van der Waals surface area (Å²) >= 11 is 0. The molecule has 2 rings (SSSR count). The first-order valence-electron chi connectivity index (χ1n) is 7.96. The first kappa shape index (κ1) is 17.2. The zero-order valence-electron chi connectivity index (χ0n) is 14.5. The highest BCUT2D eigenvalue weighted by molar-refractivity contribution is 6.06. The monoisotopic (exact) mass is 315 g/mol. The topological polar surface area (TPSA) is 61.8 Å². The van der Waals surface area contributed by atoms with Gasteiger partial charge in [-0.05, 0) is 24.5 Å². The van der Waals surface area contributed by atoms with Gasteiger partial charge in [0.2, 0.25) is 0 Å². The smallest absolute Gasteiger partial charge is 0.273 e. The Kier molecular flexibility index (Phi) is 4.88. The maximum absolute atomic E-state index is 12.8. The SMILES string of the molecule is CC(C)[C@]1(NC(=O)c2ccccc2)C[C@@H](C)C(N(C)C)=NC1=O. The summed E-state index contributed by atoms with van der Waals surface area (Å²) in [6.07, 6.45) is 0.555. The average molecular weight is 315 g/mol. The van der Waals surface area contributed by atoms with Gasteiger partial charge in [-0.3, -0.25) is 9.59 Å². The lowest BCUT2D eigenvalue weighted by atomic mass is 9.75. The van der Waals surface area contributed by atoms with Gasteiger partial charge < -0.3 is 10.2 Å². The van der Waals surface area contributed by atoms with Gasteiger partial charge in [0.05, 0.1) is 0 Å². The highest BCUT2D eigenvalue weighted by Crippen LogP contribution is 2.32. The number of hydrogen-bond donors (Lipinski definition) is 1. The van der Waals surface area contributed by atoms with Crippen LogP contribution in [0.25, 0.3) is 0 Å². The van der Waals surface area contributed by atoms with Crippen LogP contribution in [-0.4, -0.2) is 42.2 Å². The Morgan fingerprint density at radius 3 is 2.43 bits per heavy atom. The molecular formula is C18H25N3O2. The van der Waals surface area contributed by atoms with Crippen molar-refractivity contribution in [1.29, 1.82) is 0 Å². The number of carbonyl (C=O) groups excluding carboxylic acids is 2. The second-order valence-electron chi connectivity index (χ2n) is 6.72. The van der Waals surface area contributed by atoms with E-state index in [9.17, 15) is 9.59 Å². The van der Waals surface area contributed by atoms with E-state index in [0.29, 0.717) is 12.0 Å². The van der Waals surface area contributed by atoms with Gasteiger partial charge in [-0.15, -0.1) is 0 Å². The molecule has 124 valence electrons. The summed E-state index contributed by atoms with van der Waals surface area (Å²) in [5, 5.41) is 2.97. The van der Waals surface area contributed by atoms with Crippen molar-refractivity contribution < 1.29 is 9.59 Å². The fraction of sp³-hybridized carbons (Fsp3) is 0.500. The number of nitrogens with one attached hydrogen (secondary N) is 1. The molecule has 1 aromatic carbocycles. The van der Waals surface area contributed by atoms with Crippen LogP contribution in [0.3, 0.4) is 0 Å². The lowest BCUT2D eigenvalue weighted by Crippen LogP contribution is -2.61. The van der Waals surface area contributed by atoms with E-state index in [-0.39, 0.29) is 23.7 Å². The highest BCUT2D eigenvalue weighted by atomic mass is 16.2. The van der Waals surface area contributed by atoms with Crippen LogP contribution in [0.15, 0.2) is 35.3 Å². The van der Waals surface area contributed by atoms with E-state index in [0.717, 1.165) is 5.84 Å². The molecule has 5 heteroatoms. The largest absolute Gasteiger partial charge is 0.366 e. The Labute approximate surface area is 137 Å². The van der Waals surface area contributed by atoms with E-state index in [1.807, 2.05) is 58.0 Å². The molecule has 0 aliphatic carbocycles. The molecule has 5 nitrogen and oxygen atoms in total. The normalized spacial score (nSPS) is 24.3. The fourth-order valence-electron chi connectivity index (χ4n) is 3.11. The number of amidine groups is 1. The number of rotatable bonds is 3. The maximum atomic E-state index is 12.8. The Balaban J connectivity index is 2.35. The number of benzene rings is 1. The van der Waals surface area contributed by atoms with E-state index in [2.05, 4.69) is 10.3 Å². The van der Waals surface area contributed by atoms with Crippen LogP contribution in [0.4, 0.5) is 0 Å². The van der Waals surface area contributed by atoms with Crippen LogP contribution < -0.4 is 5.32 Å². The molecule has 1 aromatic rings. The predicted octanol–water partition coefficient (Wildman–Crippen LogP) is 2.34. The summed E-state index contributed by atoms with van der Waals surface area (Å²) in [6.45, 7) is 5.94. The molecule has 0 aromatic heterocycles. The van der Waals surface area contributed by atoms with Gasteiger partial charge in [-0.25, -0.2) is 0 Å². The third-order valence-electron chi connectivity index (χ3n) is 4.48. The zero-order chi connectivity index (χ0) is 17.2. The van der Waals surface area contributed by atoms with Crippen LogP contribution in [-0.2, 0) is 4.79 Å². The molecule has 0 spiro atoms. The second kappa shape index (κ2) is 6.52. The molecule has 0 saturated carbocycles. The molecule has 2 amide bonds. The van der Waals surface area contributed by atoms with E-state index < -0.39 is 5.54 Å². The number of aliphatic imine (C=N–C) groups is 1. The lowest BCUT2D eigenvalue weighted by molar-refractivity contribution is -0.127. The van der Waals surface area contributed by atoms with Gasteiger partial charge >= 0.3 is 0 Å². The minimum Gasteiger partial charge on any atom is -0.366 e. The standard InChI is InChI=1S/C18H25N3O2/c1-12(2)18(20-16(22)14-9-7-6-8-10-14)11-13(3)15(21(4)5)19-17(18)23/h6-10,12-13H,11H2,1-5H3,(H,20,22)/t13-,18-/m1/s1. The van der Waals surface area contributed by atoms with Crippen LogP contribution in [0, 0.1) is 11.8 Å². The molecule has 2 atom stereocenters. The van der Waals surface area contributed by atoms with Crippen molar-refractivity contribution in [3.63, 3.8) is 0 Å². The van der Waals surface area contributed by atoms with E-state index in [1.165, 1.54) is 0 Å². The molecule has 0 radical (unpaired) electrons. The highest BCUT2D eigenvalue weighted by Gasteiger charge is 2.47. The first-order valence-corrected chi connectivity index (χ1v) is 7.96. The minimum absolute atomic E-state index is 0.0439. The maximum Gasteiger partial charge on any atom is 0.273 e. The third kappa shape index (κ3) is 3.28. The molecule has 1 heterocycles. The number of hydrogen-bond acceptors (Lipinski definition) is 3. The van der Waals surface area contributed by atoms with Gasteiger partial charge in [-0.1, -0.05) is 39.0 Å². The molecule has 1 N–H and O–H groups in total. The number of amides is 2. The summed E-state index contributed by atoms with van der Waals surface area (Å²) in [5.41, 5.74) is -0.401. The minimum atomic E-state index is -0.953. The molecule has 1 aliphatic rings. The van der Waals surface area contributed by atoms with Crippen molar-refractivity contribution in [2.45, 2.75) is 32.7 Å². The van der Waals surface area contributed by atoms with E-state index >= 15 is 0 Å². The van der Waals surface area contributed by atoms with E-state index in [4.69, 9.17) is 0 Å². The summed E-state index contributed by atoms with van der Waals surface area (Å²) in [6, 6.07) is 8.97. The molecule has 0 unspecified atom stereocenters. The average Bonchev–Trinajstić information content (AvgIpc) is 2.50. The molecule has 0 fully saturated rings. The van der Waals surface area contributed by atoms with Crippen molar-refractivity contribution in [2.24, 2.45) is 16.8 Å². The Hall–Kier alpha value is -2.17. The van der Waals surface area contributed by atoms with Crippen LogP contribution in [0.5, 0.6) is 0 Å². The number of carbonyl (C=O) groups is 2. The Morgan fingerprint density at radius 2 is 1.91 bits per heavy atom. The summed E-state index contributed by atoms with van der Waals surface area (Å²) in [4.78, 5) is 31.5. The molecule has 0 bridgehead atoms. The van der Waals surface area contributed by atoms with Gasteiger partial charge in [-0.2, -0.15) is 4.99 Å². The first-order chi connectivity index (χ1) is 10.8. The quantitative estimate of drug-likeness (QED) is 0.931. The summed E-state index contributed by atoms with van der Waals surface area (Å²) < 4.78 is 0. The Morgan fingerprint density at radius 1 is 1.30 bits per heavy atom. The van der Waals surface area contributed by atoms with Gasteiger partial charge in [0.15, 0.2) is 0 Å². The van der Waals surface area contributed by atoms with Gasteiger partial charge in [0, 0.05) is 25.6 Å². The lowest BCUT2D eigenvalue weighted by Gasteiger charge is -2.41. The van der Waals surface area contributed by atoms with Crippen molar-refractivity contribution in [1.82, 2.24) is 10.2 Å². The van der Waals surface area contributed by atoms with Crippen molar-refractivity contribution in [2.75, 3.05) is 14.1 Å². The van der Waals surface area contributed by atoms with Crippen molar-refractivity contribution >= 4 is 17.6 Å². The van der Waals surface area contributed by atoms with Gasteiger partial charge in [0.1, 0.15) is 11.4 Å². The Bertz CT molecular complexity index is 622. The van der Waals surface area contributed by atoms with Crippen LogP contribution >= 0.6 is 0 Å². The van der Waals surface area contributed by atoms with Crippen LogP contribution in [0.2, 0.25) is 0 Å². The predicted molar refractivity (Wildman–Crippen MR) is 91.4 cm³/mol. The number of nitrogens with zero attached hydrogens (tertiary/aromatic N) is 2. The second-order valence-corrected chi connectivity index (χ2v) is 6.72. The third-order valence-corrected chi connectivity index (χ3v) is 4.48. The van der Waals surface area contributed by atoms with Gasteiger partial charge in [0.25, 0.3) is 11.8 Å². The fourth-order valence-corrected chi connectivity index (χ4v) is 3.11. The molecule has 23 heavy (non-hydrogen) atoms. The van der Waals surface area contributed by atoms with E-state index in [1.54, 1.807) is 12.1 Å². The summed E-state index contributed by atoms with van der Waals surface area (Å²) in [5.74, 6) is 0.320. The molecule has 1 aliphatic heterocycles. The molecule has 0 saturated heterocycles. The zero-order valence-corrected chi connectivity index (χ0v) is 14.5. The summed E-state index contributed by atoms with van der Waals surface area (Å²) in [7, 11) is 3.76. The van der Waals surface area contributed by atoms with Crippen molar-refractivity contribution in [3.05, 3.63) is 35.9 Å². The van der Waals surface area contributed by atoms with Crippen LogP contribution in [0.1, 0.15) is 37.6 Å². The van der Waals surface area contributed by atoms with Crippen molar-refractivity contribution in [3.8, 4) is 0 Å².